The lowest BCUT2D eigenvalue weighted by Crippen LogP contribution is -2.30. The highest BCUT2D eigenvalue weighted by molar-refractivity contribution is 5.76. The van der Waals surface area contributed by atoms with Gasteiger partial charge in [0, 0.05) is 0 Å². The Labute approximate surface area is 123 Å². The molecule has 0 saturated heterocycles. The Morgan fingerprint density at radius 2 is 2.19 bits per heavy atom. The van der Waals surface area contributed by atoms with E-state index in [0.29, 0.717) is 0 Å². The minimum Gasteiger partial charge on any atom is -0.348 e. The number of carbonyl (C=O) groups is 1. The molecule has 21 heavy (non-hydrogen) atoms. The predicted octanol–water partition coefficient (Wildman–Crippen LogP) is 1.64. The molecule has 0 spiro atoms. The third-order valence-corrected chi connectivity index (χ3v) is 3.35. The Morgan fingerprint density at radius 1 is 1.43 bits per heavy atom. The number of benzene rings is 1. The zero-order valence-electron chi connectivity index (χ0n) is 12.3. The van der Waals surface area contributed by atoms with Crippen molar-refractivity contribution in [2.45, 2.75) is 33.4 Å². The smallest absolute Gasteiger partial charge is 0.252 e. The first-order chi connectivity index (χ1) is 9.99. The minimum absolute atomic E-state index is 0.0455. The lowest BCUT2D eigenvalue weighted by Gasteiger charge is -2.15. The molecule has 6 nitrogen and oxygen atoms in total. The number of aryl methyl sites for hydroxylation is 2. The highest BCUT2D eigenvalue weighted by atomic mass is 16.2. The highest BCUT2D eigenvalue weighted by Gasteiger charge is 2.11. The van der Waals surface area contributed by atoms with Crippen molar-refractivity contribution in [1.82, 2.24) is 20.1 Å². The molecule has 0 fully saturated rings. The van der Waals surface area contributed by atoms with Crippen LogP contribution in [0.15, 0.2) is 24.5 Å². The van der Waals surface area contributed by atoms with Crippen LogP contribution in [0.4, 0.5) is 0 Å². The van der Waals surface area contributed by atoms with Gasteiger partial charge in [-0.1, -0.05) is 18.2 Å². The molecule has 0 saturated carbocycles. The van der Waals surface area contributed by atoms with Crippen LogP contribution >= 0.6 is 0 Å². The maximum atomic E-state index is 12.0. The molecule has 0 radical (unpaired) electrons. The van der Waals surface area contributed by atoms with E-state index in [9.17, 15) is 4.79 Å². The molecule has 1 aromatic heterocycles. The second kappa shape index (κ2) is 6.18. The topological polar surface area (TPSA) is 83.6 Å². The van der Waals surface area contributed by atoms with Gasteiger partial charge in [-0.15, -0.1) is 5.10 Å². The second-order valence-corrected chi connectivity index (χ2v) is 5.01. The fourth-order valence-corrected chi connectivity index (χ4v) is 1.97. The van der Waals surface area contributed by atoms with Crippen LogP contribution in [-0.4, -0.2) is 20.7 Å². The van der Waals surface area contributed by atoms with E-state index in [0.717, 1.165) is 5.56 Å². The minimum atomic E-state index is -0.171. The van der Waals surface area contributed by atoms with Gasteiger partial charge < -0.3 is 5.32 Å². The van der Waals surface area contributed by atoms with Crippen molar-refractivity contribution in [2.75, 3.05) is 0 Å². The van der Waals surface area contributed by atoms with Crippen molar-refractivity contribution in [1.29, 1.82) is 5.26 Å². The molecule has 0 bridgehead atoms. The molecule has 1 unspecified atom stereocenters. The van der Waals surface area contributed by atoms with Gasteiger partial charge in [-0.3, -0.25) is 4.79 Å². The molecule has 1 N–H and O–H groups in total. The monoisotopic (exact) mass is 283 g/mol. The average Bonchev–Trinajstić information content (AvgIpc) is 2.89. The first-order valence-corrected chi connectivity index (χ1v) is 6.65. The SMILES string of the molecule is Cc1ccc(C(C)NC(=O)Cn2cnc(C#N)n2)cc1C. The van der Waals surface area contributed by atoms with Crippen LogP contribution in [0, 0.1) is 25.2 Å². The highest BCUT2D eigenvalue weighted by Crippen LogP contribution is 2.16. The zero-order chi connectivity index (χ0) is 15.4. The fraction of sp³-hybridized carbons (Fsp3) is 0.333. The molecule has 0 aliphatic carbocycles. The van der Waals surface area contributed by atoms with Gasteiger partial charge in [0.25, 0.3) is 5.82 Å². The van der Waals surface area contributed by atoms with E-state index < -0.39 is 0 Å². The second-order valence-electron chi connectivity index (χ2n) is 5.01. The number of nitrogens with one attached hydrogen (secondary N) is 1. The van der Waals surface area contributed by atoms with Crippen LogP contribution < -0.4 is 5.32 Å². The zero-order valence-corrected chi connectivity index (χ0v) is 12.3. The van der Waals surface area contributed by atoms with Crippen LogP contribution in [0.2, 0.25) is 0 Å². The molecule has 1 amide bonds. The Balaban J connectivity index is 1.98. The van der Waals surface area contributed by atoms with Crippen molar-refractivity contribution < 1.29 is 4.79 Å². The van der Waals surface area contributed by atoms with Crippen molar-refractivity contribution in [3.8, 4) is 6.07 Å². The van der Waals surface area contributed by atoms with Gasteiger partial charge in [0.1, 0.15) is 18.9 Å². The number of hydrogen-bond acceptors (Lipinski definition) is 4. The third kappa shape index (κ3) is 3.66. The molecule has 1 aromatic carbocycles. The van der Waals surface area contributed by atoms with Gasteiger partial charge in [0.05, 0.1) is 6.04 Å². The Hall–Kier alpha value is -2.68. The molecule has 1 atom stereocenters. The summed E-state index contributed by atoms with van der Waals surface area (Å²) in [5.74, 6) is -0.111. The first kappa shape index (κ1) is 14.7. The van der Waals surface area contributed by atoms with E-state index in [1.807, 2.05) is 32.0 Å². The third-order valence-electron chi connectivity index (χ3n) is 3.35. The fourth-order valence-electron chi connectivity index (χ4n) is 1.97. The van der Waals surface area contributed by atoms with Gasteiger partial charge >= 0.3 is 0 Å². The lowest BCUT2D eigenvalue weighted by molar-refractivity contribution is -0.122. The van der Waals surface area contributed by atoms with E-state index >= 15 is 0 Å². The van der Waals surface area contributed by atoms with Crippen LogP contribution in [0.3, 0.4) is 0 Å². The Morgan fingerprint density at radius 3 is 2.81 bits per heavy atom. The molecular weight excluding hydrogens is 266 g/mol. The molecule has 2 rings (SSSR count). The summed E-state index contributed by atoms with van der Waals surface area (Å²) in [6.07, 6.45) is 1.37. The van der Waals surface area contributed by atoms with Gasteiger partial charge in [0.2, 0.25) is 5.91 Å². The van der Waals surface area contributed by atoms with E-state index in [1.54, 1.807) is 0 Å². The van der Waals surface area contributed by atoms with E-state index in [1.165, 1.54) is 22.1 Å². The van der Waals surface area contributed by atoms with Gasteiger partial charge in [-0.25, -0.2) is 9.67 Å². The van der Waals surface area contributed by atoms with Gasteiger partial charge in [0.15, 0.2) is 0 Å². The number of nitriles is 1. The summed E-state index contributed by atoms with van der Waals surface area (Å²) in [6, 6.07) is 7.87. The van der Waals surface area contributed by atoms with E-state index in [2.05, 4.69) is 28.4 Å². The summed E-state index contributed by atoms with van der Waals surface area (Å²) in [5, 5.41) is 15.4. The van der Waals surface area contributed by atoms with Crippen molar-refractivity contribution in [3.05, 3.63) is 47.0 Å². The Bertz CT molecular complexity index is 698. The average molecular weight is 283 g/mol. The van der Waals surface area contributed by atoms with Crippen LogP contribution in [-0.2, 0) is 11.3 Å². The molecule has 0 aliphatic heterocycles. The molecular formula is C15H17N5O. The number of rotatable bonds is 4. The largest absolute Gasteiger partial charge is 0.348 e. The van der Waals surface area contributed by atoms with Crippen molar-refractivity contribution >= 4 is 5.91 Å². The van der Waals surface area contributed by atoms with E-state index in [-0.39, 0.29) is 24.3 Å². The van der Waals surface area contributed by atoms with Gasteiger partial charge in [-0.2, -0.15) is 5.26 Å². The first-order valence-electron chi connectivity index (χ1n) is 6.65. The summed E-state index contributed by atoms with van der Waals surface area (Å²) >= 11 is 0. The molecule has 0 aliphatic rings. The number of nitrogens with zero attached hydrogens (tertiary/aromatic N) is 4. The summed E-state index contributed by atoms with van der Waals surface area (Å²) in [4.78, 5) is 15.7. The number of aromatic nitrogens is 3. The number of carbonyl (C=O) groups excluding carboxylic acids is 1. The van der Waals surface area contributed by atoms with Crippen LogP contribution in [0.25, 0.3) is 0 Å². The van der Waals surface area contributed by atoms with Crippen LogP contribution in [0.1, 0.15) is 35.5 Å². The van der Waals surface area contributed by atoms with Gasteiger partial charge in [-0.05, 0) is 37.5 Å². The summed E-state index contributed by atoms with van der Waals surface area (Å²) < 4.78 is 1.35. The standard InChI is InChI=1S/C15H17N5O/c1-10-4-5-13(6-11(10)2)12(3)18-15(21)8-20-9-17-14(7-16)19-20/h4-6,9,12H,8H2,1-3H3,(H,18,21). The predicted molar refractivity (Wildman–Crippen MR) is 77.2 cm³/mol. The summed E-state index contributed by atoms with van der Waals surface area (Å²) in [6.45, 7) is 6.08. The van der Waals surface area contributed by atoms with Crippen LogP contribution in [0.5, 0.6) is 0 Å². The normalized spacial score (nSPS) is 11.7. The number of hydrogen-bond donors (Lipinski definition) is 1. The van der Waals surface area contributed by atoms with Crippen molar-refractivity contribution in [3.63, 3.8) is 0 Å². The molecule has 108 valence electrons. The number of amides is 1. The van der Waals surface area contributed by atoms with Crippen molar-refractivity contribution in [2.24, 2.45) is 0 Å². The molecule has 1 heterocycles. The Kier molecular flexibility index (Phi) is 4.33. The maximum absolute atomic E-state index is 12.0. The maximum Gasteiger partial charge on any atom is 0.252 e. The summed E-state index contributed by atoms with van der Waals surface area (Å²) in [5.41, 5.74) is 3.48. The summed E-state index contributed by atoms with van der Waals surface area (Å²) in [7, 11) is 0. The lowest BCUT2D eigenvalue weighted by atomic mass is 10.0. The quantitative estimate of drug-likeness (QED) is 0.924. The van der Waals surface area contributed by atoms with E-state index in [4.69, 9.17) is 5.26 Å². The molecule has 2 aromatic rings. The molecule has 6 heteroatoms.